The van der Waals surface area contributed by atoms with Crippen LogP contribution in [0.5, 0.6) is 0 Å². The van der Waals surface area contributed by atoms with E-state index in [1.165, 1.54) is 0 Å². The van der Waals surface area contributed by atoms with Gasteiger partial charge in [0.1, 0.15) is 0 Å². The molecule has 104 valence electrons. The molecule has 0 fully saturated rings. The van der Waals surface area contributed by atoms with Gasteiger partial charge in [-0.2, -0.15) is 0 Å². The van der Waals surface area contributed by atoms with E-state index in [0.717, 1.165) is 45.8 Å². The summed E-state index contributed by atoms with van der Waals surface area (Å²) in [5, 5.41) is 3.34. The molecule has 0 heterocycles. The Morgan fingerprint density at radius 1 is 0.882 bits per heavy atom. The first-order chi connectivity index (χ1) is 8.27. The van der Waals surface area contributed by atoms with E-state index < -0.39 is 0 Å². The Hall–Kier alpha value is -0.160. The fourth-order valence-electron chi connectivity index (χ4n) is 1.31. The first-order valence-electron chi connectivity index (χ1n) is 6.75. The number of unbranched alkanes of at least 4 members (excludes halogenated alkanes) is 1. The molecule has 0 bridgehead atoms. The maximum absolute atomic E-state index is 5.42. The number of rotatable bonds is 13. The SMILES string of the molecule is CCOCCCCNCCOCCOC(C)C. The highest BCUT2D eigenvalue weighted by molar-refractivity contribution is 4.47. The summed E-state index contributed by atoms with van der Waals surface area (Å²) in [6.45, 7) is 11.9. The molecule has 0 radical (unpaired) electrons. The average Bonchev–Trinajstić information content (AvgIpc) is 2.30. The van der Waals surface area contributed by atoms with Crippen molar-refractivity contribution >= 4 is 0 Å². The highest BCUT2D eigenvalue weighted by atomic mass is 16.5. The van der Waals surface area contributed by atoms with Crippen molar-refractivity contribution in [2.24, 2.45) is 0 Å². The predicted molar refractivity (Wildman–Crippen MR) is 70.5 cm³/mol. The molecule has 17 heavy (non-hydrogen) atoms. The molecule has 0 atom stereocenters. The lowest BCUT2D eigenvalue weighted by Gasteiger charge is -2.08. The van der Waals surface area contributed by atoms with Crippen molar-refractivity contribution in [3.05, 3.63) is 0 Å². The number of hydrogen-bond donors (Lipinski definition) is 1. The third-order valence-electron chi connectivity index (χ3n) is 2.20. The van der Waals surface area contributed by atoms with Crippen LogP contribution in [0.15, 0.2) is 0 Å². The smallest absolute Gasteiger partial charge is 0.0703 e. The normalized spacial score (nSPS) is 11.3. The molecule has 4 heteroatoms. The molecule has 0 aromatic carbocycles. The Labute approximate surface area is 106 Å². The summed E-state index contributed by atoms with van der Waals surface area (Å²) in [7, 11) is 0. The standard InChI is InChI=1S/C13H29NO3/c1-4-15-9-6-5-7-14-8-10-16-11-12-17-13(2)3/h13-14H,4-12H2,1-3H3. The number of ether oxygens (including phenoxy) is 3. The van der Waals surface area contributed by atoms with E-state index in [2.05, 4.69) is 5.32 Å². The summed E-state index contributed by atoms with van der Waals surface area (Å²) in [6.07, 6.45) is 2.59. The Bertz CT molecular complexity index is 143. The van der Waals surface area contributed by atoms with Crippen LogP contribution in [-0.4, -0.2) is 52.2 Å². The fraction of sp³-hybridized carbons (Fsp3) is 1.00. The van der Waals surface area contributed by atoms with Crippen LogP contribution in [0.1, 0.15) is 33.6 Å². The van der Waals surface area contributed by atoms with E-state index in [9.17, 15) is 0 Å². The van der Waals surface area contributed by atoms with Gasteiger partial charge in [0.25, 0.3) is 0 Å². The topological polar surface area (TPSA) is 39.7 Å². The molecule has 0 aliphatic heterocycles. The summed E-state index contributed by atoms with van der Waals surface area (Å²) >= 11 is 0. The van der Waals surface area contributed by atoms with Crippen molar-refractivity contribution in [1.29, 1.82) is 0 Å². The summed E-state index contributed by atoms with van der Waals surface area (Å²) in [5.41, 5.74) is 0. The van der Waals surface area contributed by atoms with Gasteiger partial charge in [-0.05, 0) is 40.2 Å². The van der Waals surface area contributed by atoms with Gasteiger partial charge in [0.05, 0.1) is 25.9 Å². The van der Waals surface area contributed by atoms with Crippen molar-refractivity contribution < 1.29 is 14.2 Å². The monoisotopic (exact) mass is 247 g/mol. The molecule has 0 aliphatic carbocycles. The van der Waals surface area contributed by atoms with Gasteiger partial charge < -0.3 is 19.5 Å². The van der Waals surface area contributed by atoms with E-state index in [1.807, 2.05) is 20.8 Å². The molecule has 0 unspecified atom stereocenters. The van der Waals surface area contributed by atoms with Gasteiger partial charge in [0.2, 0.25) is 0 Å². The molecule has 0 aromatic heterocycles. The molecule has 4 nitrogen and oxygen atoms in total. The van der Waals surface area contributed by atoms with Crippen molar-refractivity contribution in [2.75, 3.05) is 46.1 Å². The van der Waals surface area contributed by atoms with E-state index in [4.69, 9.17) is 14.2 Å². The third kappa shape index (κ3) is 15.8. The lowest BCUT2D eigenvalue weighted by Crippen LogP contribution is -2.22. The Morgan fingerprint density at radius 3 is 2.41 bits per heavy atom. The molecule has 1 N–H and O–H groups in total. The summed E-state index contributed by atoms with van der Waals surface area (Å²) in [4.78, 5) is 0. The number of nitrogens with one attached hydrogen (secondary N) is 1. The molecule has 0 aliphatic rings. The summed E-state index contributed by atoms with van der Waals surface area (Å²) in [6, 6.07) is 0. The molecule has 0 rings (SSSR count). The van der Waals surface area contributed by atoms with Crippen molar-refractivity contribution in [3.63, 3.8) is 0 Å². The van der Waals surface area contributed by atoms with Gasteiger partial charge in [-0.1, -0.05) is 0 Å². The molecule has 0 saturated carbocycles. The van der Waals surface area contributed by atoms with Crippen LogP contribution in [0.2, 0.25) is 0 Å². The van der Waals surface area contributed by atoms with Gasteiger partial charge in [0.15, 0.2) is 0 Å². The maximum Gasteiger partial charge on any atom is 0.0703 e. The van der Waals surface area contributed by atoms with Crippen LogP contribution < -0.4 is 5.32 Å². The lowest BCUT2D eigenvalue weighted by molar-refractivity contribution is 0.0204. The Balaban J connectivity index is 2.89. The molecule has 0 saturated heterocycles. The molecule has 0 amide bonds. The predicted octanol–water partition coefficient (Wildman–Crippen LogP) is 1.83. The molecule has 0 spiro atoms. The van der Waals surface area contributed by atoms with Crippen LogP contribution in [0.3, 0.4) is 0 Å². The zero-order valence-corrected chi connectivity index (χ0v) is 11.7. The van der Waals surface area contributed by atoms with Gasteiger partial charge in [0, 0.05) is 19.8 Å². The lowest BCUT2D eigenvalue weighted by atomic mass is 10.3. The van der Waals surface area contributed by atoms with Crippen LogP contribution in [0.4, 0.5) is 0 Å². The van der Waals surface area contributed by atoms with Crippen molar-refractivity contribution in [3.8, 4) is 0 Å². The zero-order valence-electron chi connectivity index (χ0n) is 11.7. The second-order valence-corrected chi connectivity index (χ2v) is 4.19. The second-order valence-electron chi connectivity index (χ2n) is 4.19. The molecule has 0 aromatic rings. The molecular weight excluding hydrogens is 218 g/mol. The van der Waals surface area contributed by atoms with Gasteiger partial charge in [-0.15, -0.1) is 0 Å². The Morgan fingerprint density at radius 2 is 1.71 bits per heavy atom. The van der Waals surface area contributed by atoms with Crippen LogP contribution in [0.25, 0.3) is 0 Å². The molecular formula is C13H29NO3. The fourth-order valence-corrected chi connectivity index (χ4v) is 1.31. The largest absolute Gasteiger partial charge is 0.382 e. The van der Waals surface area contributed by atoms with Crippen molar-refractivity contribution in [1.82, 2.24) is 5.32 Å². The Kier molecular flexibility index (Phi) is 13.8. The van der Waals surface area contributed by atoms with E-state index >= 15 is 0 Å². The first-order valence-corrected chi connectivity index (χ1v) is 6.75. The van der Waals surface area contributed by atoms with E-state index in [-0.39, 0.29) is 0 Å². The van der Waals surface area contributed by atoms with E-state index in [1.54, 1.807) is 0 Å². The van der Waals surface area contributed by atoms with Gasteiger partial charge >= 0.3 is 0 Å². The highest BCUT2D eigenvalue weighted by Gasteiger charge is 1.93. The summed E-state index contributed by atoms with van der Waals surface area (Å²) in [5.74, 6) is 0. The van der Waals surface area contributed by atoms with Crippen LogP contribution in [-0.2, 0) is 14.2 Å². The minimum absolute atomic E-state index is 0.294. The van der Waals surface area contributed by atoms with E-state index in [0.29, 0.717) is 19.3 Å². The average molecular weight is 247 g/mol. The second kappa shape index (κ2) is 13.9. The quantitative estimate of drug-likeness (QED) is 0.504. The minimum Gasteiger partial charge on any atom is -0.382 e. The van der Waals surface area contributed by atoms with Gasteiger partial charge in [-0.3, -0.25) is 0 Å². The third-order valence-corrected chi connectivity index (χ3v) is 2.20. The van der Waals surface area contributed by atoms with Crippen LogP contribution in [0, 0.1) is 0 Å². The maximum atomic E-state index is 5.42. The number of hydrogen-bond acceptors (Lipinski definition) is 4. The first kappa shape index (κ1) is 16.8. The highest BCUT2D eigenvalue weighted by Crippen LogP contribution is 1.89. The zero-order chi connectivity index (χ0) is 12.8. The summed E-state index contributed by atoms with van der Waals surface area (Å²) < 4.78 is 16.0. The van der Waals surface area contributed by atoms with Crippen LogP contribution >= 0.6 is 0 Å². The van der Waals surface area contributed by atoms with Crippen molar-refractivity contribution in [2.45, 2.75) is 39.7 Å². The van der Waals surface area contributed by atoms with Gasteiger partial charge in [-0.25, -0.2) is 0 Å². The minimum atomic E-state index is 0.294.